The van der Waals surface area contributed by atoms with Crippen molar-refractivity contribution in [2.45, 2.75) is 12.8 Å². The van der Waals surface area contributed by atoms with E-state index in [1.54, 1.807) is 0 Å². The molecule has 0 aromatic rings. The number of rotatable bonds is 2. The lowest BCUT2D eigenvalue weighted by atomic mass is 9.63. The summed E-state index contributed by atoms with van der Waals surface area (Å²) in [6, 6.07) is 0. The van der Waals surface area contributed by atoms with E-state index in [0.29, 0.717) is 11.2 Å². The van der Waals surface area contributed by atoms with Crippen molar-refractivity contribution < 1.29 is 9.90 Å². The third-order valence-electron chi connectivity index (χ3n) is 2.68. The lowest BCUT2D eigenvalue weighted by Gasteiger charge is -2.54. The van der Waals surface area contributed by atoms with Gasteiger partial charge in [-0.3, -0.25) is 9.69 Å². The third-order valence-corrected chi connectivity index (χ3v) is 2.68. The maximum Gasteiger partial charge on any atom is 0.134 e. The molecule has 3 nitrogen and oxygen atoms in total. The standard InChI is InChI=1S/C8H13NO2/c10-2-1-9-5-8(6-9)3-7(11)4-8/h10H,1-6H2. The van der Waals surface area contributed by atoms with E-state index in [1.165, 1.54) is 0 Å². The second kappa shape index (κ2) is 2.29. The third kappa shape index (κ3) is 1.08. The van der Waals surface area contributed by atoms with Crippen LogP contribution in [0.2, 0.25) is 0 Å². The minimum atomic E-state index is 0.240. The number of likely N-dealkylation sites (tertiary alicyclic amines) is 1. The molecule has 0 amide bonds. The van der Waals surface area contributed by atoms with Crippen molar-refractivity contribution in [1.29, 1.82) is 0 Å². The SMILES string of the molecule is O=C1CC2(C1)CN(CCO)C2. The van der Waals surface area contributed by atoms with Crippen molar-refractivity contribution in [1.82, 2.24) is 4.90 Å². The summed E-state index contributed by atoms with van der Waals surface area (Å²) in [5, 5.41) is 8.61. The molecule has 3 heteroatoms. The molecule has 0 atom stereocenters. The number of nitrogens with zero attached hydrogens (tertiary/aromatic N) is 1. The van der Waals surface area contributed by atoms with Crippen LogP contribution < -0.4 is 0 Å². The molecule has 1 aliphatic heterocycles. The molecule has 1 heterocycles. The lowest BCUT2D eigenvalue weighted by molar-refractivity contribution is -0.145. The summed E-state index contributed by atoms with van der Waals surface area (Å²) < 4.78 is 0. The molecule has 0 radical (unpaired) electrons. The first kappa shape index (κ1) is 7.25. The summed E-state index contributed by atoms with van der Waals surface area (Å²) in [5.74, 6) is 0.411. The Kier molecular flexibility index (Phi) is 1.51. The highest BCUT2D eigenvalue weighted by molar-refractivity contribution is 5.86. The zero-order valence-electron chi connectivity index (χ0n) is 6.55. The summed E-state index contributed by atoms with van der Waals surface area (Å²) in [4.78, 5) is 12.9. The van der Waals surface area contributed by atoms with Crippen LogP contribution in [-0.2, 0) is 4.79 Å². The van der Waals surface area contributed by atoms with Crippen molar-refractivity contribution in [3.63, 3.8) is 0 Å². The number of β-amino-alcohol motifs (C(OH)–C–C–N with tert-alkyl or cyclic N) is 1. The fraction of sp³-hybridized carbons (Fsp3) is 0.875. The van der Waals surface area contributed by atoms with E-state index in [2.05, 4.69) is 4.90 Å². The minimum Gasteiger partial charge on any atom is -0.395 e. The fourth-order valence-electron chi connectivity index (χ4n) is 2.21. The van der Waals surface area contributed by atoms with Gasteiger partial charge in [-0.05, 0) is 0 Å². The van der Waals surface area contributed by atoms with Crippen molar-refractivity contribution >= 4 is 5.78 Å². The number of Topliss-reactive ketones (excluding diaryl/α,β-unsaturated/α-hetero) is 1. The van der Waals surface area contributed by atoms with Gasteiger partial charge >= 0.3 is 0 Å². The Morgan fingerprint density at radius 1 is 1.45 bits per heavy atom. The van der Waals surface area contributed by atoms with Crippen LogP contribution in [0.1, 0.15) is 12.8 Å². The fourth-order valence-corrected chi connectivity index (χ4v) is 2.21. The molecule has 1 saturated heterocycles. The maximum atomic E-state index is 10.7. The molecule has 1 aliphatic carbocycles. The quantitative estimate of drug-likeness (QED) is 0.592. The monoisotopic (exact) mass is 155 g/mol. The van der Waals surface area contributed by atoms with Gasteiger partial charge in [-0.15, -0.1) is 0 Å². The average Bonchev–Trinajstić information content (AvgIpc) is 1.80. The topological polar surface area (TPSA) is 40.5 Å². The van der Waals surface area contributed by atoms with Crippen LogP contribution >= 0.6 is 0 Å². The first-order valence-corrected chi connectivity index (χ1v) is 4.09. The molecule has 11 heavy (non-hydrogen) atoms. The lowest BCUT2D eigenvalue weighted by Crippen LogP contribution is -2.62. The van der Waals surface area contributed by atoms with E-state index in [0.717, 1.165) is 32.5 Å². The van der Waals surface area contributed by atoms with Gasteiger partial charge in [0.05, 0.1) is 6.61 Å². The predicted molar refractivity (Wildman–Crippen MR) is 40.2 cm³/mol. The van der Waals surface area contributed by atoms with Crippen LogP contribution in [0, 0.1) is 5.41 Å². The number of hydrogen-bond donors (Lipinski definition) is 1. The van der Waals surface area contributed by atoms with Gasteiger partial charge in [0.1, 0.15) is 5.78 Å². The van der Waals surface area contributed by atoms with E-state index in [9.17, 15) is 4.79 Å². The first-order valence-electron chi connectivity index (χ1n) is 4.09. The molecule has 0 aromatic heterocycles. The van der Waals surface area contributed by atoms with Gasteiger partial charge in [-0.1, -0.05) is 0 Å². The number of hydrogen-bond acceptors (Lipinski definition) is 3. The Morgan fingerprint density at radius 2 is 2.09 bits per heavy atom. The Hall–Kier alpha value is -0.410. The van der Waals surface area contributed by atoms with Crippen LogP contribution in [0.25, 0.3) is 0 Å². The first-order chi connectivity index (χ1) is 5.24. The van der Waals surface area contributed by atoms with Crippen LogP contribution in [0.15, 0.2) is 0 Å². The Balaban J connectivity index is 1.75. The molecule has 2 fully saturated rings. The number of carbonyl (C=O) groups excluding carboxylic acids is 1. The summed E-state index contributed by atoms with van der Waals surface area (Å²) in [6.45, 7) is 3.07. The minimum absolute atomic E-state index is 0.240. The molecular formula is C8H13NO2. The van der Waals surface area contributed by atoms with Gasteiger partial charge in [0.25, 0.3) is 0 Å². The van der Waals surface area contributed by atoms with Crippen molar-refractivity contribution in [2.75, 3.05) is 26.2 Å². The van der Waals surface area contributed by atoms with Gasteiger partial charge in [-0.2, -0.15) is 0 Å². The summed E-state index contributed by atoms with van der Waals surface area (Å²) in [5.41, 5.74) is 0.353. The largest absolute Gasteiger partial charge is 0.395 e. The molecule has 0 aromatic carbocycles. The number of aliphatic hydroxyl groups is 1. The van der Waals surface area contributed by atoms with Crippen LogP contribution in [0.3, 0.4) is 0 Å². The molecule has 1 spiro atoms. The number of ketones is 1. The van der Waals surface area contributed by atoms with Crippen LogP contribution in [-0.4, -0.2) is 42.0 Å². The predicted octanol–water partition coefficient (Wildman–Crippen LogP) is -0.356. The molecule has 0 unspecified atom stereocenters. The Labute approximate surface area is 66.0 Å². The zero-order chi connectivity index (χ0) is 7.90. The normalized spacial score (nSPS) is 28.3. The maximum absolute atomic E-state index is 10.7. The van der Waals surface area contributed by atoms with Crippen molar-refractivity contribution in [2.24, 2.45) is 5.41 Å². The van der Waals surface area contributed by atoms with Gasteiger partial charge < -0.3 is 5.11 Å². The summed E-state index contributed by atoms with van der Waals surface area (Å²) in [6.07, 6.45) is 1.57. The zero-order valence-corrected chi connectivity index (χ0v) is 6.55. The van der Waals surface area contributed by atoms with E-state index in [-0.39, 0.29) is 6.61 Å². The van der Waals surface area contributed by atoms with Crippen molar-refractivity contribution in [3.8, 4) is 0 Å². The van der Waals surface area contributed by atoms with E-state index >= 15 is 0 Å². The average molecular weight is 155 g/mol. The smallest absolute Gasteiger partial charge is 0.134 e. The van der Waals surface area contributed by atoms with Gasteiger partial charge in [0.2, 0.25) is 0 Å². The molecular weight excluding hydrogens is 142 g/mol. The molecule has 0 bridgehead atoms. The second-order valence-electron chi connectivity index (χ2n) is 3.83. The summed E-state index contributed by atoms with van der Waals surface area (Å²) in [7, 11) is 0. The number of aliphatic hydroxyl groups excluding tert-OH is 1. The molecule has 2 aliphatic rings. The number of carbonyl (C=O) groups is 1. The Bertz CT molecular complexity index is 175. The molecule has 2 rings (SSSR count). The van der Waals surface area contributed by atoms with E-state index < -0.39 is 0 Å². The van der Waals surface area contributed by atoms with Crippen LogP contribution in [0.4, 0.5) is 0 Å². The van der Waals surface area contributed by atoms with Gasteiger partial charge in [0.15, 0.2) is 0 Å². The van der Waals surface area contributed by atoms with Gasteiger partial charge in [-0.25, -0.2) is 0 Å². The second-order valence-corrected chi connectivity index (χ2v) is 3.83. The highest BCUT2D eigenvalue weighted by atomic mass is 16.3. The van der Waals surface area contributed by atoms with Crippen LogP contribution in [0.5, 0.6) is 0 Å². The molecule has 62 valence electrons. The van der Waals surface area contributed by atoms with E-state index in [4.69, 9.17) is 5.11 Å². The highest BCUT2D eigenvalue weighted by Gasteiger charge is 2.51. The van der Waals surface area contributed by atoms with Gasteiger partial charge in [0, 0.05) is 37.9 Å². The summed E-state index contributed by atoms with van der Waals surface area (Å²) >= 11 is 0. The highest BCUT2D eigenvalue weighted by Crippen LogP contribution is 2.45. The molecule has 1 N–H and O–H groups in total. The van der Waals surface area contributed by atoms with Crippen molar-refractivity contribution in [3.05, 3.63) is 0 Å². The van der Waals surface area contributed by atoms with E-state index in [1.807, 2.05) is 0 Å². The molecule has 1 saturated carbocycles. The Morgan fingerprint density at radius 3 is 2.55 bits per heavy atom.